The number of nitrogens with one attached hydrogen (secondary N) is 1. The maximum Gasteiger partial charge on any atom is 0.211 e. The van der Waals surface area contributed by atoms with Crippen LogP contribution in [0.25, 0.3) is 0 Å². The lowest BCUT2D eigenvalue weighted by Gasteiger charge is -2.41. The molecule has 4 heterocycles. The Morgan fingerprint density at radius 1 is 1.05 bits per heavy atom. The molecule has 1 unspecified atom stereocenters. The Bertz CT molecular complexity index is 1460. The van der Waals surface area contributed by atoms with Crippen molar-refractivity contribution in [3.63, 3.8) is 0 Å². The molecule has 0 bridgehead atoms. The molecule has 3 aliphatic heterocycles. The van der Waals surface area contributed by atoms with Crippen LogP contribution < -0.4 is 15.1 Å². The highest BCUT2D eigenvalue weighted by molar-refractivity contribution is 6.08. The van der Waals surface area contributed by atoms with Crippen LogP contribution in [0.3, 0.4) is 0 Å². The first-order valence-corrected chi connectivity index (χ1v) is 14.8. The van der Waals surface area contributed by atoms with Crippen LogP contribution in [0.2, 0.25) is 0 Å². The van der Waals surface area contributed by atoms with E-state index in [9.17, 15) is 4.79 Å². The average Bonchev–Trinajstić information content (AvgIpc) is 3.08. The molecule has 1 saturated heterocycles. The SMILES string of the molecule is COC1Nc2ccc(C)cc2CCN1C1CCN(c2cc(C(=O)c3cc(C)c4c(c3)C(C)(C)CN4C)ncn2)CC1. The highest BCUT2D eigenvalue weighted by atomic mass is 16.5. The summed E-state index contributed by atoms with van der Waals surface area (Å²) in [7, 11) is 3.90. The van der Waals surface area contributed by atoms with Crippen LogP contribution in [-0.4, -0.2) is 73.4 Å². The highest BCUT2D eigenvalue weighted by Crippen LogP contribution is 2.42. The number of piperidine rings is 1. The van der Waals surface area contributed by atoms with Gasteiger partial charge in [-0.25, -0.2) is 9.97 Å². The molecular weight excluding hydrogens is 512 g/mol. The van der Waals surface area contributed by atoms with Crippen molar-refractivity contribution in [3.8, 4) is 0 Å². The van der Waals surface area contributed by atoms with Gasteiger partial charge in [-0.05, 0) is 68.0 Å². The Hall–Kier alpha value is -3.49. The van der Waals surface area contributed by atoms with Crippen LogP contribution >= 0.6 is 0 Å². The van der Waals surface area contributed by atoms with Gasteiger partial charge in [0.25, 0.3) is 0 Å². The monoisotopic (exact) mass is 554 g/mol. The second-order valence-electron chi connectivity index (χ2n) is 12.6. The number of aromatic nitrogens is 2. The van der Waals surface area contributed by atoms with Gasteiger partial charge in [-0.15, -0.1) is 0 Å². The summed E-state index contributed by atoms with van der Waals surface area (Å²) in [4.78, 5) is 29.7. The molecule has 1 atom stereocenters. The second-order valence-corrected chi connectivity index (χ2v) is 12.6. The molecule has 8 heteroatoms. The van der Waals surface area contributed by atoms with Gasteiger partial charge in [0, 0.05) is 74.8 Å². The summed E-state index contributed by atoms with van der Waals surface area (Å²) < 4.78 is 5.91. The topological polar surface area (TPSA) is 73.8 Å². The number of fused-ring (bicyclic) bond motifs is 2. The zero-order chi connectivity index (χ0) is 28.9. The summed E-state index contributed by atoms with van der Waals surface area (Å²) in [5.41, 5.74) is 8.54. The van der Waals surface area contributed by atoms with E-state index in [1.807, 2.05) is 12.1 Å². The van der Waals surface area contributed by atoms with Crippen LogP contribution in [0, 0.1) is 13.8 Å². The maximum absolute atomic E-state index is 13.7. The number of benzene rings is 2. The summed E-state index contributed by atoms with van der Waals surface area (Å²) in [6.45, 7) is 12.4. The lowest BCUT2D eigenvalue weighted by molar-refractivity contribution is -0.0393. The first-order chi connectivity index (χ1) is 19.6. The van der Waals surface area contributed by atoms with Gasteiger partial charge in [-0.1, -0.05) is 31.5 Å². The van der Waals surface area contributed by atoms with Gasteiger partial charge in [-0.3, -0.25) is 9.69 Å². The van der Waals surface area contributed by atoms with Crippen molar-refractivity contribution in [2.24, 2.45) is 0 Å². The van der Waals surface area contributed by atoms with Gasteiger partial charge in [0.05, 0.1) is 0 Å². The number of aryl methyl sites for hydroxylation is 2. The molecular formula is C33H42N6O2. The minimum atomic E-state index is -0.153. The van der Waals surface area contributed by atoms with Crippen LogP contribution in [0.5, 0.6) is 0 Å². The van der Waals surface area contributed by atoms with Crippen molar-refractivity contribution in [3.05, 3.63) is 76.2 Å². The molecule has 3 aliphatic rings. The number of methoxy groups -OCH3 is 1. The highest BCUT2D eigenvalue weighted by Gasteiger charge is 2.36. The standard InChI is InChI=1S/C33H42N6O2/c1-21-7-8-27-23(15-21)9-14-39(32(36-27)41-6)25-10-12-38(13-11-25)29-18-28(34-20-35-29)31(40)24-16-22(2)30-26(17-24)33(3,4)19-37(30)5/h7-8,15-18,20,25,32,36H,9-14,19H2,1-6H3. The van der Waals surface area contributed by atoms with Crippen LogP contribution in [-0.2, 0) is 16.6 Å². The molecule has 8 nitrogen and oxygen atoms in total. The zero-order valence-corrected chi connectivity index (χ0v) is 25.2. The summed E-state index contributed by atoms with van der Waals surface area (Å²) >= 11 is 0. The van der Waals surface area contributed by atoms with E-state index in [1.54, 1.807) is 7.11 Å². The predicted octanol–water partition coefficient (Wildman–Crippen LogP) is 4.92. The number of rotatable bonds is 5. The molecule has 216 valence electrons. The summed E-state index contributed by atoms with van der Waals surface area (Å²) in [6.07, 6.45) is 4.37. The fourth-order valence-corrected chi connectivity index (χ4v) is 7.13. The molecule has 2 aromatic carbocycles. The van der Waals surface area contributed by atoms with Gasteiger partial charge in [0.1, 0.15) is 17.8 Å². The van der Waals surface area contributed by atoms with Crippen molar-refractivity contribution in [2.75, 3.05) is 55.5 Å². The summed E-state index contributed by atoms with van der Waals surface area (Å²) in [5, 5.41) is 3.62. The Kier molecular flexibility index (Phi) is 7.24. The van der Waals surface area contributed by atoms with Crippen molar-refractivity contribution in [1.29, 1.82) is 0 Å². The third kappa shape index (κ3) is 5.19. The quantitative estimate of drug-likeness (QED) is 0.446. The zero-order valence-electron chi connectivity index (χ0n) is 25.2. The van der Waals surface area contributed by atoms with E-state index in [0.717, 1.165) is 62.5 Å². The van der Waals surface area contributed by atoms with Crippen molar-refractivity contribution < 1.29 is 9.53 Å². The normalized spacial score (nSPS) is 20.8. The number of anilines is 3. The van der Waals surface area contributed by atoms with E-state index in [1.165, 1.54) is 28.7 Å². The lowest BCUT2D eigenvalue weighted by Crippen LogP contribution is -2.52. The minimum Gasteiger partial charge on any atom is -0.373 e. The number of carbonyl (C=O) groups is 1. The van der Waals surface area contributed by atoms with Gasteiger partial charge < -0.3 is 19.9 Å². The van der Waals surface area contributed by atoms with E-state index in [0.29, 0.717) is 17.3 Å². The number of nitrogens with zero attached hydrogens (tertiary/aromatic N) is 5. The van der Waals surface area contributed by atoms with Gasteiger partial charge in [0.15, 0.2) is 6.35 Å². The van der Waals surface area contributed by atoms with Crippen LogP contribution in [0.15, 0.2) is 42.7 Å². The smallest absolute Gasteiger partial charge is 0.211 e. The van der Waals surface area contributed by atoms with E-state index >= 15 is 0 Å². The first-order valence-electron chi connectivity index (χ1n) is 14.8. The third-order valence-electron chi connectivity index (χ3n) is 9.15. The Labute approximate surface area is 243 Å². The molecule has 1 aromatic heterocycles. The van der Waals surface area contributed by atoms with Gasteiger partial charge in [-0.2, -0.15) is 0 Å². The number of ketones is 1. The van der Waals surface area contributed by atoms with Crippen molar-refractivity contribution >= 4 is 23.0 Å². The molecule has 0 spiro atoms. The minimum absolute atomic E-state index is 0.00123. The van der Waals surface area contributed by atoms with Crippen molar-refractivity contribution in [2.45, 2.75) is 64.8 Å². The molecule has 1 N–H and O–H groups in total. The molecule has 1 fully saturated rings. The average molecular weight is 555 g/mol. The molecule has 0 radical (unpaired) electrons. The Morgan fingerprint density at radius 3 is 2.59 bits per heavy atom. The molecule has 41 heavy (non-hydrogen) atoms. The summed E-state index contributed by atoms with van der Waals surface area (Å²) in [6, 6.07) is 12.9. The Morgan fingerprint density at radius 2 is 1.83 bits per heavy atom. The predicted molar refractivity (Wildman–Crippen MR) is 164 cm³/mol. The third-order valence-corrected chi connectivity index (χ3v) is 9.15. The number of hydrogen-bond donors (Lipinski definition) is 1. The van der Waals surface area contributed by atoms with Crippen molar-refractivity contribution in [1.82, 2.24) is 14.9 Å². The molecule has 3 aromatic rings. The van der Waals surface area contributed by atoms with Gasteiger partial charge >= 0.3 is 0 Å². The fourth-order valence-electron chi connectivity index (χ4n) is 7.13. The number of likely N-dealkylation sites (N-methyl/N-ethyl adjacent to an activating group) is 1. The molecule has 0 amide bonds. The van der Waals surface area contributed by atoms with Crippen LogP contribution in [0.1, 0.15) is 65.0 Å². The molecule has 6 rings (SSSR count). The second kappa shape index (κ2) is 10.7. The van der Waals surface area contributed by atoms with E-state index in [2.05, 4.69) is 89.0 Å². The summed E-state index contributed by atoms with van der Waals surface area (Å²) in [5.74, 6) is 0.771. The molecule has 0 aliphatic carbocycles. The van der Waals surface area contributed by atoms with E-state index < -0.39 is 0 Å². The first kappa shape index (κ1) is 27.7. The lowest BCUT2D eigenvalue weighted by atomic mass is 9.84. The number of ether oxygens (including phenoxy) is 1. The molecule has 0 saturated carbocycles. The number of hydrogen-bond acceptors (Lipinski definition) is 8. The maximum atomic E-state index is 13.7. The van der Waals surface area contributed by atoms with Gasteiger partial charge in [0.2, 0.25) is 5.78 Å². The van der Waals surface area contributed by atoms with E-state index in [4.69, 9.17) is 4.74 Å². The Balaban J connectivity index is 1.15. The fraction of sp³-hybridized carbons (Fsp3) is 0.485. The van der Waals surface area contributed by atoms with Crippen LogP contribution in [0.4, 0.5) is 17.2 Å². The largest absolute Gasteiger partial charge is 0.373 e. The number of carbonyl (C=O) groups excluding carboxylic acids is 1. The van der Waals surface area contributed by atoms with E-state index in [-0.39, 0.29) is 17.6 Å².